The highest BCUT2D eigenvalue weighted by atomic mass is 28.4. The van der Waals surface area contributed by atoms with Gasteiger partial charge in [-0.2, -0.15) is 0 Å². The minimum Gasteiger partial charge on any atom is -0.414 e. The lowest BCUT2D eigenvalue weighted by atomic mass is 10.1. The smallest absolute Gasteiger partial charge is 0.192 e. The van der Waals surface area contributed by atoms with Crippen LogP contribution < -0.4 is 0 Å². The van der Waals surface area contributed by atoms with E-state index in [2.05, 4.69) is 52.9 Å². The SMILES string of the molecule is C[C@@H](CCC/C=C\CCO)O[Si](C)(C)C(C)(C)C. The quantitative estimate of drug-likeness (QED) is 0.400. The highest BCUT2D eigenvalue weighted by Gasteiger charge is 2.38. The third-order valence-electron chi connectivity index (χ3n) is 3.75. The van der Waals surface area contributed by atoms with Crippen molar-refractivity contribution in [3.8, 4) is 0 Å². The Kier molecular flexibility index (Phi) is 8.07. The van der Waals surface area contributed by atoms with Gasteiger partial charge in [0.2, 0.25) is 0 Å². The van der Waals surface area contributed by atoms with Crippen molar-refractivity contribution in [1.29, 1.82) is 0 Å². The molecule has 0 fully saturated rings. The number of hydrogen-bond donors (Lipinski definition) is 1. The minimum absolute atomic E-state index is 0.251. The first-order valence-electron chi connectivity index (χ1n) is 7.14. The van der Waals surface area contributed by atoms with Gasteiger partial charge < -0.3 is 9.53 Å². The molecule has 0 aliphatic rings. The molecule has 18 heavy (non-hydrogen) atoms. The maximum atomic E-state index is 8.65. The van der Waals surface area contributed by atoms with E-state index >= 15 is 0 Å². The van der Waals surface area contributed by atoms with Gasteiger partial charge in [-0.25, -0.2) is 0 Å². The highest BCUT2D eigenvalue weighted by Crippen LogP contribution is 2.37. The molecule has 0 amide bonds. The van der Waals surface area contributed by atoms with E-state index in [-0.39, 0.29) is 6.61 Å². The summed E-state index contributed by atoms with van der Waals surface area (Å²) in [7, 11) is -1.60. The summed E-state index contributed by atoms with van der Waals surface area (Å²) >= 11 is 0. The van der Waals surface area contributed by atoms with E-state index in [1.807, 2.05) is 0 Å². The van der Waals surface area contributed by atoms with Gasteiger partial charge in [0.1, 0.15) is 0 Å². The average molecular weight is 273 g/mol. The predicted molar refractivity (Wildman–Crippen MR) is 82.4 cm³/mol. The lowest BCUT2D eigenvalue weighted by molar-refractivity contribution is 0.187. The summed E-state index contributed by atoms with van der Waals surface area (Å²) in [6.07, 6.45) is 8.72. The van der Waals surface area contributed by atoms with Crippen LogP contribution in [0.4, 0.5) is 0 Å². The Hall–Kier alpha value is -0.123. The summed E-state index contributed by atoms with van der Waals surface area (Å²) in [5.74, 6) is 0. The molecular formula is C15H32O2Si. The van der Waals surface area contributed by atoms with Crippen LogP contribution in [-0.4, -0.2) is 26.1 Å². The largest absolute Gasteiger partial charge is 0.414 e. The number of rotatable bonds is 8. The molecule has 1 atom stereocenters. The molecule has 0 saturated heterocycles. The summed E-state index contributed by atoms with van der Waals surface area (Å²) < 4.78 is 6.30. The van der Waals surface area contributed by atoms with Gasteiger partial charge in [-0.15, -0.1) is 0 Å². The summed E-state index contributed by atoms with van der Waals surface area (Å²) in [5.41, 5.74) is 0. The second-order valence-corrected chi connectivity index (χ2v) is 11.4. The summed E-state index contributed by atoms with van der Waals surface area (Å²) in [6.45, 7) is 13.9. The van der Waals surface area contributed by atoms with Crippen LogP contribution in [0.5, 0.6) is 0 Å². The fourth-order valence-electron chi connectivity index (χ4n) is 1.57. The van der Waals surface area contributed by atoms with E-state index in [4.69, 9.17) is 9.53 Å². The first-order valence-corrected chi connectivity index (χ1v) is 10.0. The molecule has 0 aliphatic carbocycles. The second kappa shape index (κ2) is 8.13. The van der Waals surface area contributed by atoms with Crippen LogP contribution in [0.3, 0.4) is 0 Å². The Morgan fingerprint density at radius 2 is 1.72 bits per heavy atom. The van der Waals surface area contributed by atoms with Crippen molar-refractivity contribution < 1.29 is 9.53 Å². The molecule has 0 aromatic heterocycles. The van der Waals surface area contributed by atoms with Gasteiger partial charge >= 0.3 is 0 Å². The van der Waals surface area contributed by atoms with Crippen LogP contribution in [-0.2, 0) is 4.43 Å². The van der Waals surface area contributed by atoms with Crippen molar-refractivity contribution in [1.82, 2.24) is 0 Å². The lowest BCUT2D eigenvalue weighted by Crippen LogP contribution is -2.43. The molecule has 0 aliphatic heterocycles. The molecule has 0 spiro atoms. The molecule has 0 saturated carbocycles. The zero-order chi connectivity index (χ0) is 14.2. The molecule has 2 nitrogen and oxygen atoms in total. The van der Waals surface area contributed by atoms with Crippen LogP contribution in [0.15, 0.2) is 12.2 Å². The van der Waals surface area contributed by atoms with E-state index in [0.717, 1.165) is 25.7 Å². The zero-order valence-corrected chi connectivity index (χ0v) is 14.1. The van der Waals surface area contributed by atoms with E-state index in [0.29, 0.717) is 11.1 Å². The van der Waals surface area contributed by atoms with E-state index in [1.54, 1.807) is 0 Å². The topological polar surface area (TPSA) is 29.5 Å². The molecule has 0 aromatic rings. The number of hydrogen-bond acceptors (Lipinski definition) is 2. The predicted octanol–water partition coefficient (Wildman–Crippen LogP) is 4.51. The van der Waals surface area contributed by atoms with Gasteiger partial charge in [0, 0.05) is 12.7 Å². The van der Waals surface area contributed by atoms with Crippen molar-refractivity contribution in [2.24, 2.45) is 0 Å². The second-order valence-electron chi connectivity index (χ2n) is 6.60. The van der Waals surface area contributed by atoms with Gasteiger partial charge in [-0.05, 0) is 50.7 Å². The molecule has 3 heteroatoms. The van der Waals surface area contributed by atoms with Gasteiger partial charge in [0.05, 0.1) is 0 Å². The molecule has 0 rings (SSSR count). The standard InChI is InChI=1S/C15H32O2Si/c1-14(12-10-8-7-9-11-13-16)17-18(5,6)15(2,3)4/h7,9,14,16H,8,10-13H2,1-6H3/b9-7-/t14-/m0/s1. The van der Waals surface area contributed by atoms with E-state index in [9.17, 15) is 0 Å². The van der Waals surface area contributed by atoms with Crippen LogP contribution in [0.1, 0.15) is 53.4 Å². The van der Waals surface area contributed by atoms with Crippen LogP contribution in [0, 0.1) is 0 Å². The summed E-state index contributed by atoms with van der Waals surface area (Å²) in [5, 5.41) is 8.94. The monoisotopic (exact) mass is 272 g/mol. The fraction of sp³-hybridized carbons (Fsp3) is 0.867. The van der Waals surface area contributed by atoms with Gasteiger partial charge in [0.25, 0.3) is 0 Å². The molecule has 0 heterocycles. The Morgan fingerprint density at radius 3 is 2.22 bits per heavy atom. The zero-order valence-electron chi connectivity index (χ0n) is 13.1. The first kappa shape index (κ1) is 17.9. The number of allylic oxidation sites excluding steroid dienone is 1. The van der Waals surface area contributed by atoms with Crippen molar-refractivity contribution in [3.05, 3.63) is 12.2 Å². The van der Waals surface area contributed by atoms with Crippen molar-refractivity contribution >= 4 is 8.32 Å². The maximum absolute atomic E-state index is 8.65. The number of aliphatic hydroxyl groups is 1. The first-order chi connectivity index (χ1) is 8.20. The normalized spacial score (nSPS) is 15.3. The molecule has 0 aromatic carbocycles. The highest BCUT2D eigenvalue weighted by molar-refractivity contribution is 6.74. The Bertz CT molecular complexity index is 241. The summed E-state index contributed by atoms with van der Waals surface area (Å²) in [6, 6.07) is 0. The van der Waals surface area contributed by atoms with E-state index in [1.165, 1.54) is 0 Å². The third kappa shape index (κ3) is 7.34. The van der Waals surface area contributed by atoms with Gasteiger partial charge in [-0.1, -0.05) is 32.9 Å². The van der Waals surface area contributed by atoms with Crippen LogP contribution in [0.25, 0.3) is 0 Å². The van der Waals surface area contributed by atoms with E-state index < -0.39 is 8.32 Å². The summed E-state index contributed by atoms with van der Waals surface area (Å²) in [4.78, 5) is 0. The van der Waals surface area contributed by atoms with Crippen molar-refractivity contribution in [2.75, 3.05) is 6.61 Å². The third-order valence-corrected chi connectivity index (χ3v) is 8.35. The number of aliphatic hydroxyl groups excluding tert-OH is 1. The van der Waals surface area contributed by atoms with Crippen LogP contribution >= 0.6 is 0 Å². The lowest BCUT2D eigenvalue weighted by Gasteiger charge is -2.38. The minimum atomic E-state index is -1.60. The Labute approximate surface area is 115 Å². The van der Waals surface area contributed by atoms with Crippen molar-refractivity contribution in [3.63, 3.8) is 0 Å². The molecule has 0 bridgehead atoms. The van der Waals surface area contributed by atoms with Crippen LogP contribution in [0.2, 0.25) is 18.1 Å². The maximum Gasteiger partial charge on any atom is 0.192 e. The molecule has 1 N–H and O–H groups in total. The Morgan fingerprint density at radius 1 is 1.17 bits per heavy atom. The van der Waals surface area contributed by atoms with Crippen molar-refractivity contribution in [2.45, 2.75) is 77.6 Å². The van der Waals surface area contributed by atoms with Gasteiger partial charge in [0.15, 0.2) is 8.32 Å². The molecule has 0 radical (unpaired) electrons. The number of unbranched alkanes of at least 4 members (excludes halogenated alkanes) is 1. The van der Waals surface area contributed by atoms with Gasteiger partial charge in [-0.3, -0.25) is 0 Å². The molecular weight excluding hydrogens is 240 g/mol. The molecule has 108 valence electrons. The average Bonchev–Trinajstić information content (AvgIpc) is 2.20. The fourth-order valence-corrected chi connectivity index (χ4v) is 3.05. The Balaban J connectivity index is 3.88. The molecule has 0 unspecified atom stereocenters.